The van der Waals surface area contributed by atoms with Crippen LogP contribution in [0.1, 0.15) is 30.9 Å². The number of alkyl halides is 2. The molecular weight excluding hydrogens is 413 g/mol. The molecule has 7 nitrogen and oxygen atoms in total. The summed E-state index contributed by atoms with van der Waals surface area (Å²) < 4.78 is 50.4. The van der Waals surface area contributed by atoms with E-state index in [4.69, 9.17) is 4.74 Å². The van der Waals surface area contributed by atoms with Gasteiger partial charge >= 0.3 is 6.03 Å². The Labute approximate surface area is 175 Å². The number of hydrogen-bond acceptors (Lipinski definition) is 4. The van der Waals surface area contributed by atoms with Gasteiger partial charge in [0.1, 0.15) is 11.6 Å². The van der Waals surface area contributed by atoms with Gasteiger partial charge in [-0.05, 0) is 25.0 Å². The van der Waals surface area contributed by atoms with Crippen LogP contribution in [0.4, 0.5) is 23.7 Å². The third-order valence-electron chi connectivity index (χ3n) is 5.24. The van der Waals surface area contributed by atoms with Crippen molar-refractivity contribution in [3.8, 4) is 17.6 Å². The average molecular weight is 432 g/mol. The first-order valence-corrected chi connectivity index (χ1v) is 9.57. The van der Waals surface area contributed by atoms with Crippen molar-refractivity contribution in [3.63, 3.8) is 0 Å². The molecule has 2 amide bonds. The Kier molecular flexibility index (Phi) is 4.92. The van der Waals surface area contributed by atoms with E-state index in [-0.39, 0.29) is 35.0 Å². The van der Waals surface area contributed by atoms with Gasteiger partial charge in [-0.2, -0.15) is 5.10 Å². The van der Waals surface area contributed by atoms with E-state index in [9.17, 15) is 22.8 Å². The third-order valence-corrected chi connectivity index (χ3v) is 5.24. The summed E-state index contributed by atoms with van der Waals surface area (Å²) in [5.41, 5.74) is -3.10. The molecule has 162 valence electrons. The fourth-order valence-electron chi connectivity index (χ4n) is 3.35. The maximum Gasteiger partial charge on any atom is 0.320 e. The Morgan fingerprint density at radius 3 is 2.68 bits per heavy atom. The van der Waals surface area contributed by atoms with Gasteiger partial charge in [0, 0.05) is 35.7 Å². The third kappa shape index (κ3) is 3.83. The molecule has 1 aromatic heterocycles. The predicted molar refractivity (Wildman–Crippen MR) is 106 cm³/mol. The number of ether oxygens (including phenoxy) is 1. The van der Waals surface area contributed by atoms with Gasteiger partial charge in [-0.25, -0.2) is 22.6 Å². The number of anilines is 1. The van der Waals surface area contributed by atoms with E-state index in [1.165, 1.54) is 25.4 Å². The molecular formula is C21H19F3N4O3. The molecule has 2 aromatic rings. The number of benzene rings is 1. The summed E-state index contributed by atoms with van der Waals surface area (Å²) in [7, 11) is 1.38. The van der Waals surface area contributed by atoms with Crippen LogP contribution >= 0.6 is 0 Å². The predicted octanol–water partition coefficient (Wildman–Crippen LogP) is 2.84. The summed E-state index contributed by atoms with van der Waals surface area (Å²) in [6, 6.07) is 2.45. The maximum absolute atomic E-state index is 15.0. The Bertz CT molecular complexity index is 1180. The van der Waals surface area contributed by atoms with Crippen molar-refractivity contribution in [1.82, 2.24) is 15.1 Å². The summed E-state index contributed by atoms with van der Waals surface area (Å²) in [5.74, 6) is 1.20. The van der Waals surface area contributed by atoms with Crippen LogP contribution in [0.25, 0.3) is 0 Å². The van der Waals surface area contributed by atoms with Crippen LogP contribution in [-0.2, 0) is 12.1 Å². The quantitative estimate of drug-likeness (QED) is 0.728. The van der Waals surface area contributed by atoms with E-state index in [1.807, 2.05) is 0 Å². The van der Waals surface area contributed by atoms with Crippen molar-refractivity contribution in [1.29, 1.82) is 0 Å². The Morgan fingerprint density at radius 1 is 1.32 bits per heavy atom. The van der Waals surface area contributed by atoms with Crippen molar-refractivity contribution in [2.45, 2.75) is 37.8 Å². The molecule has 1 aliphatic carbocycles. The van der Waals surface area contributed by atoms with Crippen molar-refractivity contribution < 1.29 is 22.7 Å². The van der Waals surface area contributed by atoms with E-state index in [0.29, 0.717) is 6.92 Å². The lowest BCUT2D eigenvalue weighted by Gasteiger charge is -2.40. The SMILES string of the molecule is COc1cnn(Cc2cc3c(cc2F)[C@@](C#CC2CC2)(C(C)(F)F)NC(=O)N3)c(=O)c1. The number of fused-ring (bicyclic) bond motifs is 1. The minimum Gasteiger partial charge on any atom is -0.495 e. The molecule has 1 fully saturated rings. The van der Waals surface area contributed by atoms with Gasteiger partial charge in [0.2, 0.25) is 0 Å². The maximum atomic E-state index is 15.0. The number of methoxy groups -OCH3 is 1. The van der Waals surface area contributed by atoms with Crippen LogP contribution < -0.4 is 20.9 Å². The second kappa shape index (κ2) is 7.34. The number of urea groups is 1. The van der Waals surface area contributed by atoms with E-state index in [1.54, 1.807) is 0 Å². The Hall–Kier alpha value is -3.48. The number of hydrogen-bond donors (Lipinski definition) is 2. The summed E-state index contributed by atoms with van der Waals surface area (Å²) in [6.45, 7) is 0.366. The minimum absolute atomic E-state index is 0.00617. The number of nitrogens with zero attached hydrogens (tertiary/aromatic N) is 2. The average Bonchev–Trinajstić information content (AvgIpc) is 3.52. The number of halogens is 3. The number of carbonyl (C=O) groups excluding carboxylic acids is 1. The number of nitrogens with one attached hydrogen (secondary N) is 2. The van der Waals surface area contributed by atoms with E-state index >= 15 is 0 Å². The second-order valence-electron chi connectivity index (χ2n) is 7.64. The molecule has 1 aromatic carbocycles. The first-order valence-electron chi connectivity index (χ1n) is 9.57. The molecule has 2 heterocycles. The fourth-order valence-corrected chi connectivity index (χ4v) is 3.35. The van der Waals surface area contributed by atoms with Gasteiger partial charge < -0.3 is 15.4 Å². The summed E-state index contributed by atoms with van der Waals surface area (Å²) in [4.78, 5) is 24.4. The molecule has 0 radical (unpaired) electrons. The highest BCUT2D eigenvalue weighted by molar-refractivity contribution is 5.95. The smallest absolute Gasteiger partial charge is 0.320 e. The molecule has 0 unspecified atom stereocenters. The van der Waals surface area contributed by atoms with Crippen LogP contribution in [0, 0.1) is 23.6 Å². The van der Waals surface area contributed by atoms with Crippen LogP contribution in [-0.4, -0.2) is 28.8 Å². The van der Waals surface area contributed by atoms with Crippen LogP contribution in [0.15, 0.2) is 29.2 Å². The van der Waals surface area contributed by atoms with Gasteiger partial charge in [0.25, 0.3) is 11.5 Å². The van der Waals surface area contributed by atoms with Crippen LogP contribution in [0.2, 0.25) is 0 Å². The molecule has 0 spiro atoms. The van der Waals surface area contributed by atoms with Gasteiger partial charge in [-0.3, -0.25) is 4.79 Å². The largest absolute Gasteiger partial charge is 0.495 e. The lowest BCUT2D eigenvalue weighted by molar-refractivity contribution is -0.0465. The van der Waals surface area contributed by atoms with Crippen LogP contribution in [0.5, 0.6) is 5.75 Å². The van der Waals surface area contributed by atoms with Crippen molar-refractivity contribution in [3.05, 3.63) is 51.7 Å². The van der Waals surface area contributed by atoms with E-state index in [0.717, 1.165) is 23.6 Å². The summed E-state index contributed by atoms with van der Waals surface area (Å²) in [5, 5.41) is 8.54. The van der Waals surface area contributed by atoms with Crippen molar-refractivity contribution in [2.24, 2.45) is 5.92 Å². The van der Waals surface area contributed by atoms with Gasteiger partial charge in [0.15, 0.2) is 5.54 Å². The molecule has 0 bridgehead atoms. The summed E-state index contributed by atoms with van der Waals surface area (Å²) in [6.07, 6.45) is 2.89. The first-order chi connectivity index (χ1) is 14.6. The zero-order valence-electron chi connectivity index (χ0n) is 16.8. The molecule has 1 aliphatic heterocycles. The summed E-state index contributed by atoms with van der Waals surface area (Å²) >= 11 is 0. The normalized spacial score (nSPS) is 20.1. The first kappa shape index (κ1) is 20.8. The number of aromatic nitrogens is 2. The number of carbonyl (C=O) groups is 1. The molecule has 2 N–H and O–H groups in total. The molecule has 1 saturated carbocycles. The highest BCUT2D eigenvalue weighted by Crippen LogP contribution is 2.44. The lowest BCUT2D eigenvalue weighted by atomic mass is 9.81. The van der Waals surface area contributed by atoms with Gasteiger partial charge in [-0.15, -0.1) is 0 Å². The Balaban J connectivity index is 1.80. The van der Waals surface area contributed by atoms with Gasteiger partial charge in [-0.1, -0.05) is 11.8 Å². The minimum atomic E-state index is -3.50. The molecule has 2 aliphatic rings. The van der Waals surface area contributed by atoms with Crippen LogP contribution in [0.3, 0.4) is 0 Å². The monoisotopic (exact) mass is 432 g/mol. The Morgan fingerprint density at radius 2 is 2.06 bits per heavy atom. The fraction of sp³-hybridized carbons (Fsp3) is 0.381. The number of amides is 2. The van der Waals surface area contributed by atoms with Crippen molar-refractivity contribution in [2.75, 3.05) is 12.4 Å². The standard InChI is InChI=1S/C21H19F3N4O3/c1-20(23,24)21(6-5-12-3-4-12)15-9-16(22)13(7-17(15)26-19(30)27-21)11-28-18(29)8-14(31-2)10-25-28/h7-10,12H,3-4,11H2,1-2H3,(H2,26,27,30)/t21-/m0/s1. The second-order valence-corrected chi connectivity index (χ2v) is 7.64. The van der Waals surface area contributed by atoms with E-state index in [2.05, 4.69) is 27.6 Å². The van der Waals surface area contributed by atoms with E-state index < -0.39 is 28.9 Å². The van der Waals surface area contributed by atoms with Gasteiger partial charge in [0.05, 0.1) is 19.9 Å². The lowest BCUT2D eigenvalue weighted by Crippen LogP contribution is -2.59. The highest BCUT2D eigenvalue weighted by atomic mass is 19.3. The zero-order chi connectivity index (χ0) is 22.4. The topological polar surface area (TPSA) is 85.2 Å². The number of rotatable bonds is 4. The zero-order valence-corrected chi connectivity index (χ0v) is 16.8. The molecule has 10 heteroatoms. The molecule has 0 saturated heterocycles. The highest BCUT2D eigenvalue weighted by Gasteiger charge is 2.55. The molecule has 31 heavy (non-hydrogen) atoms. The molecule has 1 atom stereocenters. The molecule has 4 rings (SSSR count). The van der Waals surface area contributed by atoms with Crippen molar-refractivity contribution >= 4 is 11.7 Å².